The maximum Gasteiger partial charge on any atom is 0.251 e. The van der Waals surface area contributed by atoms with E-state index >= 15 is 0 Å². The monoisotopic (exact) mass is 516 g/mol. The molecule has 0 saturated carbocycles. The van der Waals surface area contributed by atoms with E-state index in [-0.39, 0.29) is 5.56 Å². The second-order valence-electron chi connectivity index (χ2n) is 9.13. The van der Waals surface area contributed by atoms with Crippen molar-refractivity contribution in [3.8, 4) is 0 Å². The Hall–Kier alpha value is -3.38. The first-order chi connectivity index (χ1) is 17.3. The molecule has 0 amide bonds. The predicted molar refractivity (Wildman–Crippen MR) is 147 cm³/mol. The molecule has 2 N–H and O–H groups in total. The molecule has 182 valence electrons. The van der Waals surface area contributed by atoms with Crippen LogP contribution in [0.5, 0.6) is 0 Å². The van der Waals surface area contributed by atoms with Crippen LogP contribution in [-0.4, -0.2) is 14.1 Å². The smallest absolute Gasteiger partial charge is 0.251 e. The van der Waals surface area contributed by atoms with Crippen molar-refractivity contribution in [2.24, 2.45) is 19.8 Å². The van der Waals surface area contributed by atoms with E-state index in [4.69, 9.17) is 28.9 Å². The van der Waals surface area contributed by atoms with Crippen LogP contribution in [0.25, 0.3) is 10.9 Å². The molecule has 0 aliphatic rings. The van der Waals surface area contributed by atoms with Crippen LogP contribution in [0.1, 0.15) is 27.9 Å². The van der Waals surface area contributed by atoms with E-state index < -0.39 is 5.54 Å². The Morgan fingerprint density at radius 1 is 0.889 bits per heavy atom. The fourth-order valence-electron chi connectivity index (χ4n) is 4.86. The first-order valence-electron chi connectivity index (χ1n) is 11.7. The van der Waals surface area contributed by atoms with Crippen molar-refractivity contribution in [1.82, 2.24) is 14.1 Å². The molecule has 2 heterocycles. The molecule has 0 saturated heterocycles. The summed E-state index contributed by atoms with van der Waals surface area (Å²) in [5.41, 5.74) is 11.8. The average Bonchev–Trinajstić information content (AvgIpc) is 3.31. The number of nitrogens with two attached hydrogens (primary N) is 1. The lowest BCUT2D eigenvalue weighted by atomic mass is 9.80. The highest BCUT2D eigenvalue weighted by molar-refractivity contribution is 6.30. The number of hydrogen-bond donors (Lipinski definition) is 1. The zero-order chi connectivity index (χ0) is 25.4. The Kier molecular flexibility index (Phi) is 6.47. The first-order valence-corrected chi connectivity index (χ1v) is 12.4. The van der Waals surface area contributed by atoms with Crippen LogP contribution in [0, 0.1) is 0 Å². The summed E-state index contributed by atoms with van der Waals surface area (Å²) >= 11 is 12.4. The van der Waals surface area contributed by atoms with E-state index in [2.05, 4.69) is 11.1 Å². The summed E-state index contributed by atoms with van der Waals surface area (Å²) in [6.07, 6.45) is 4.99. The molecule has 36 heavy (non-hydrogen) atoms. The van der Waals surface area contributed by atoms with Crippen molar-refractivity contribution in [2.45, 2.75) is 18.4 Å². The van der Waals surface area contributed by atoms with Gasteiger partial charge in [0.05, 0.1) is 23.7 Å². The van der Waals surface area contributed by atoms with Gasteiger partial charge in [0.15, 0.2) is 0 Å². The molecule has 0 spiro atoms. The SMILES string of the molecule is Cn1cncc1C(N)(c1ccc(Cl)cc1)c1ccc2c(c1)c(CCc1cccc(Cl)c1)cc(=O)n2C. The van der Waals surface area contributed by atoms with Crippen LogP contribution < -0.4 is 11.3 Å². The fourth-order valence-corrected chi connectivity index (χ4v) is 5.20. The zero-order valence-corrected chi connectivity index (χ0v) is 21.6. The summed E-state index contributed by atoms with van der Waals surface area (Å²) in [6.45, 7) is 0. The summed E-state index contributed by atoms with van der Waals surface area (Å²) in [5.74, 6) is 0. The van der Waals surface area contributed by atoms with Gasteiger partial charge in [-0.2, -0.15) is 0 Å². The molecule has 1 unspecified atom stereocenters. The second kappa shape index (κ2) is 9.58. The third-order valence-corrected chi connectivity index (χ3v) is 7.37. The van der Waals surface area contributed by atoms with Gasteiger partial charge in [-0.1, -0.05) is 53.5 Å². The minimum atomic E-state index is -0.983. The summed E-state index contributed by atoms with van der Waals surface area (Å²) in [7, 11) is 3.72. The van der Waals surface area contributed by atoms with Gasteiger partial charge in [0.2, 0.25) is 0 Å². The molecule has 0 aliphatic heterocycles. The summed E-state index contributed by atoms with van der Waals surface area (Å²) in [4.78, 5) is 17.1. The molecule has 5 nitrogen and oxygen atoms in total. The van der Waals surface area contributed by atoms with E-state index in [9.17, 15) is 4.79 Å². The lowest BCUT2D eigenvalue weighted by molar-refractivity contribution is 0.596. The molecule has 7 heteroatoms. The Morgan fingerprint density at radius 3 is 2.33 bits per heavy atom. The zero-order valence-electron chi connectivity index (χ0n) is 20.1. The van der Waals surface area contributed by atoms with Gasteiger partial charge < -0.3 is 14.9 Å². The number of imidazole rings is 1. The van der Waals surface area contributed by atoms with Gasteiger partial charge in [0.1, 0.15) is 5.54 Å². The van der Waals surface area contributed by atoms with E-state index in [1.54, 1.807) is 30.2 Å². The molecule has 0 fully saturated rings. The van der Waals surface area contributed by atoms with Crippen molar-refractivity contribution in [2.75, 3.05) is 0 Å². The molecule has 2 aromatic heterocycles. The molecule has 5 aromatic rings. The van der Waals surface area contributed by atoms with Crippen LogP contribution in [-0.2, 0) is 32.5 Å². The largest absolute Gasteiger partial charge is 0.336 e. The quantitative estimate of drug-likeness (QED) is 0.318. The molecular formula is C29H26Cl2N4O. The molecule has 5 rings (SSSR count). The highest BCUT2D eigenvalue weighted by Gasteiger charge is 2.35. The number of nitrogens with zero attached hydrogens (tertiary/aromatic N) is 3. The van der Waals surface area contributed by atoms with Crippen molar-refractivity contribution in [1.29, 1.82) is 0 Å². The summed E-state index contributed by atoms with van der Waals surface area (Å²) in [5, 5.41) is 2.33. The highest BCUT2D eigenvalue weighted by atomic mass is 35.5. The maximum atomic E-state index is 12.8. The van der Waals surface area contributed by atoms with Crippen molar-refractivity contribution in [3.05, 3.63) is 134 Å². The predicted octanol–water partition coefficient (Wildman–Crippen LogP) is 5.61. The second-order valence-corrected chi connectivity index (χ2v) is 10.0. The van der Waals surface area contributed by atoms with Gasteiger partial charge >= 0.3 is 0 Å². The Labute approximate surface area is 219 Å². The van der Waals surface area contributed by atoms with Gasteiger partial charge in [0, 0.05) is 35.6 Å². The third-order valence-electron chi connectivity index (χ3n) is 6.88. The third kappa shape index (κ3) is 4.35. The molecule has 0 aliphatic carbocycles. The molecule has 1 atom stereocenters. The van der Waals surface area contributed by atoms with Gasteiger partial charge in [0.25, 0.3) is 5.56 Å². The average molecular weight is 517 g/mol. The minimum Gasteiger partial charge on any atom is -0.336 e. The van der Waals surface area contributed by atoms with Crippen molar-refractivity contribution in [3.63, 3.8) is 0 Å². The molecule has 3 aromatic carbocycles. The molecule has 0 bridgehead atoms. The number of halogens is 2. The first kappa shape index (κ1) is 24.3. The van der Waals surface area contributed by atoms with E-state index in [0.29, 0.717) is 16.5 Å². The van der Waals surface area contributed by atoms with Gasteiger partial charge in [-0.25, -0.2) is 4.98 Å². The maximum absolute atomic E-state index is 12.8. The van der Waals surface area contributed by atoms with Crippen LogP contribution in [0.4, 0.5) is 0 Å². The molecular weight excluding hydrogens is 491 g/mol. The normalized spacial score (nSPS) is 13.1. The van der Waals surface area contributed by atoms with E-state index in [1.165, 1.54) is 0 Å². The number of aromatic nitrogens is 3. The Morgan fingerprint density at radius 2 is 1.64 bits per heavy atom. The van der Waals surface area contributed by atoms with E-state index in [1.807, 2.05) is 72.3 Å². The number of pyridine rings is 1. The number of benzene rings is 3. The number of hydrogen-bond acceptors (Lipinski definition) is 3. The number of fused-ring (bicyclic) bond motifs is 1. The van der Waals surface area contributed by atoms with Crippen LogP contribution >= 0.6 is 23.2 Å². The lowest BCUT2D eigenvalue weighted by Gasteiger charge is -2.31. The van der Waals surface area contributed by atoms with Crippen LogP contribution in [0.3, 0.4) is 0 Å². The summed E-state index contributed by atoms with van der Waals surface area (Å²) < 4.78 is 3.60. The van der Waals surface area contributed by atoms with Crippen LogP contribution in [0.2, 0.25) is 10.0 Å². The van der Waals surface area contributed by atoms with Crippen molar-refractivity contribution < 1.29 is 0 Å². The van der Waals surface area contributed by atoms with Gasteiger partial charge in [-0.05, 0) is 71.5 Å². The fraction of sp³-hybridized carbons (Fsp3) is 0.172. The van der Waals surface area contributed by atoms with E-state index in [0.717, 1.165) is 45.3 Å². The number of aryl methyl sites for hydroxylation is 4. The minimum absolute atomic E-state index is 0.0420. The highest BCUT2D eigenvalue weighted by Crippen LogP contribution is 2.36. The molecule has 0 radical (unpaired) electrons. The Bertz CT molecular complexity index is 1620. The number of rotatable bonds is 6. The van der Waals surface area contributed by atoms with Crippen LogP contribution in [0.15, 0.2) is 90.1 Å². The summed E-state index contributed by atoms with van der Waals surface area (Å²) in [6, 6.07) is 23.2. The van der Waals surface area contributed by atoms with Gasteiger partial charge in [-0.15, -0.1) is 0 Å². The van der Waals surface area contributed by atoms with Crippen molar-refractivity contribution >= 4 is 34.1 Å². The lowest BCUT2D eigenvalue weighted by Crippen LogP contribution is -2.41. The topological polar surface area (TPSA) is 65.8 Å². The standard InChI is InChI=1S/C29H26Cl2N4O/c1-34-18-33-17-27(34)29(32,21-8-11-23(30)12-9-21)22-10-13-26-25(16-22)20(15-28(36)35(26)2)7-6-19-4-3-5-24(31)14-19/h3-5,8-18H,6-7,32H2,1-2H3. The Balaban J connectivity index is 1.68. The van der Waals surface area contributed by atoms with Gasteiger partial charge in [-0.3, -0.25) is 4.79 Å².